The zero-order valence-electron chi connectivity index (χ0n) is 11.8. The van der Waals surface area contributed by atoms with Crippen molar-refractivity contribution < 1.29 is 0 Å². The molecular formula is C14H30N2. The van der Waals surface area contributed by atoms with E-state index in [1.54, 1.807) is 0 Å². The van der Waals surface area contributed by atoms with E-state index in [1.807, 2.05) is 0 Å². The lowest BCUT2D eigenvalue weighted by Gasteiger charge is -2.35. The molecule has 96 valence electrons. The molecule has 0 saturated heterocycles. The summed E-state index contributed by atoms with van der Waals surface area (Å²) in [6.45, 7) is 11.6. The van der Waals surface area contributed by atoms with Crippen LogP contribution in [0.15, 0.2) is 0 Å². The van der Waals surface area contributed by atoms with Crippen LogP contribution in [0.3, 0.4) is 0 Å². The standard InChI is InChI=1S/C14H30N2/c1-12(2)16(5)11-10-15-13-6-8-14(3,4)9-7-13/h12-13,15H,6-11H2,1-5H3. The van der Waals surface area contributed by atoms with Gasteiger partial charge in [0.1, 0.15) is 0 Å². The number of hydrogen-bond acceptors (Lipinski definition) is 2. The highest BCUT2D eigenvalue weighted by molar-refractivity contribution is 4.82. The van der Waals surface area contributed by atoms with E-state index < -0.39 is 0 Å². The van der Waals surface area contributed by atoms with E-state index in [4.69, 9.17) is 0 Å². The average molecular weight is 226 g/mol. The molecule has 1 aliphatic rings. The van der Waals surface area contributed by atoms with E-state index in [-0.39, 0.29) is 0 Å². The van der Waals surface area contributed by atoms with Crippen molar-refractivity contribution in [3.8, 4) is 0 Å². The monoisotopic (exact) mass is 226 g/mol. The summed E-state index contributed by atoms with van der Waals surface area (Å²) in [6.07, 6.45) is 5.48. The summed E-state index contributed by atoms with van der Waals surface area (Å²) in [7, 11) is 2.20. The quantitative estimate of drug-likeness (QED) is 0.775. The molecule has 0 atom stereocenters. The van der Waals surface area contributed by atoms with Gasteiger partial charge in [-0.25, -0.2) is 0 Å². The lowest BCUT2D eigenvalue weighted by molar-refractivity contribution is 0.199. The smallest absolute Gasteiger partial charge is 0.0107 e. The zero-order chi connectivity index (χ0) is 12.2. The lowest BCUT2D eigenvalue weighted by Crippen LogP contribution is -2.40. The van der Waals surface area contributed by atoms with Crippen molar-refractivity contribution in [2.75, 3.05) is 20.1 Å². The Labute approximate surface area is 102 Å². The van der Waals surface area contributed by atoms with Crippen LogP contribution in [-0.4, -0.2) is 37.1 Å². The number of nitrogens with one attached hydrogen (secondary N) is 1. The van der Waals surface area contributed by atoms with Gasteiger partial charge in [-0.3, -0.25) is 0 Å². The van der Waals surface area contributed by atoms with Crippen LogP contribution < -0.4 is 5.32 Å². The second kappa shape index (κ2) is 6.02. The largest absolute Gasteiger partial charge is 0.313 e. The molecule has 1 rings (SSSR count). The van der Waals surface area contributed by atoms with E-state index in [1.165, 1.54) is 25.7 Å². The van der Waals surface area contributed by atoms with E-state index in [0.717, 1.165) is 19.1 Å². The molecule has 0 radical (unpaired) electrons. The second-order valence-electron chi connectivity index (χ2n) is 6.47. The van der Waals surface area contributed by atoms with Crippen LogP contribution in [0.25, 0.3) is 0 Å². The molecule has 0 amide bonds. The Bertz CT molecular complexity index is 189. The minimum absolute atomic E-state index is 0.590. The molecular weight excluding hydrogens is 196 g/mol. The minimum atomic E-state index is 0.590. The van der Waals surface area contributed by atoms with E-state index >= 15 is 0 Å². The van der Waals surface area contributed by atoms with Crippen molar-refractivity contribution in [1.82, 2.24) is 10.2 Å². The SMILES string of the molecule is CC(C)N(C)CCNC1CCC(C)(C)CC1. The fraction of sp³-hybridized carbons (Fsp3) is 1.00. The summed E-state index contributed by atoms with van der Waals surface area (Å²) < 4.78 is 0. The molecule has 0 bridgehead atoms. The fourth-order valence-corrected chi connectivity index (χ4v) is 2.31. The summed E-state index contributed by atoms with van der Waals surface area (Å²) >= 11 is 0. The first kappa shape index (κ1) is 14.0. The number of rotatable bonds is 5. The predicted molar refractivity (Wildman–Crippen MR) is 71.8 cm³/mol. The van der Waals surface area contributed by atoms with Crippen LogP contribution in [-0.2, 0) is 0 Å². The molecule has 0 spiro atoms. The number of likely N-dealkylation sites (N-methyl/N-ethyl adjacent to an activating group) is 1. The Hall–Kier alpha value is -0.0800. The first-order valence-electron chi connectivity index (χ1n) is 6.84. The van der Waals surface area contributed by atoms with E-state index in [9.17, 15) is 0 Å². The van der Waals surface area contributed by atoms with Crippen molar-refractivity contribution in [2.24, 2.45) is 5.41 Å². The van der Waals surface area contributed by atoms with Gasteiger partial charge in [0.15, 0.2) is 0 Å². The molecule has 0 aliphatic heterocycles. The predicted octanol–water partition coefficient (Wildman–Crippen LogP) is 2.89. The first-order chi connectivity index (χ1) is 7.41. The van der Waals surface area contributed by atoms with E-state index in [2.05, 4.69) is 45.0 Å². The normalized spacial score (nSPS) is 21.9. The fourth-order valence-electron chi connectivity index (χ4n) is 2.31. The zero-order valence-corrected chi connectivity index (χ0v) is 11.8. The van der Waals surface area contributed by atoms with Gasteiger partial charge in [0, 0.05) is 25.2 Å². The van der Waals surface area contributed by atoms with Crippen LogP contribution in [0.2, 0.25) is 0 Å². The average Bonchev–Trinajstić information content (AvgIpc) is 2.20. The molecule has 0 aromatic rings. The summed E-state index contributed by atoms with van der Waals surface area (Å²) in [5.41, 5.74) is 0.590. The third-order valence-electron chi connectivity index (χ3n) is 4.12. The Morgan fingerprint density at radius 2 is 1.81 bits per heavy atom. The molecule has 1 fully saturated rings. The van der Waals surface area contributed by atoms with Crippen molar-refractivity contribution in [1.29, 1.82) is 0 Å². The van der Waals surface area contributed by atoms with Crippen LogP contribution in [0.4, 0.5) is 0 Å². The molecule has 2 heteroatoms. The maximum Gasteiger partial charge on any atom is 0.0107 e. The summed E-state index contributed by atoms with van der Waals surface area (Å²) in [4.78, 5) is 2.40. The summed E-state index contributed by atoms with van der Waals surface area (Å²) in [5.74, 6) is 0. The van der Waals surface area contributed by atoms with Crippen molar-refractivity contribution >= 4 is 0 Å². The molecule has 1 N–H and O–H groups in total. The van der Waals surface area contributed by atoms with Crippen LogP contribution in [0, 0.1) is 5.41 Å². The van der Waals surface area contributed by atoms with Gasteiger partial charge >= 0.3 is 0 Å². The van der Waals surface area contributed by atoms with Gasteiger partial charge < -0.3 is 10.2 Å². The Balaban J connectivity index is 2.11. The Morgan fingerprint density at radius 1 is 1.25 bits per heavy atom. The van der Waals surface area contributed by atoms with Gasteiger partial charge in [-0.2, -0.15) is 0 Å². The van der Waals surface area contributed by atoms with Gasteiger partial charge in [-0.1, -0.05) is 13.8 Å². The molecule has 16 heavy (non-hydrogen) atoms. The van der Waals surface area contributed by atoms with Crippen LogP contribution >= 0.6 is 0 Å². The molecule has 0 aromatic carbocycles. The highest BCUT2D eigenvalue weighted by Crippen LogP contribution is 2.34. The van der Waals surface area contributed by atoms with Gasteiger partial charge in [-0.05, 0) is 52.0 Å². The Kier molecular flexibility index (Phi) is 5.26. The molecule has 0 aromatic heterocycles. The summed E-state index contributed by atoms with van der Waals surface area (Å²) in [5, 5.41) is 3.70. The van der Waals surface area contributed by atoms with Crippen molar-refractivity contribution in [2.45, 2.75) is 65.5 Å². The topological polar surface area (TPSA) is 15.3 Å². The minimum Gasteiger partial charge on any atom is -0.313 e. The molecule has 2 nitrogen and oxygen atoms in total. The van der Waals surface area contributed by atoms with Crippen molar-refractivity contribution in [3.63, 3.8) is 0 Å². The third-order valence-corrected chi connectivity index (χ3v) is 4.12. The molecule has 1 aliphatic carbocycles. The highest BCUT2D eigenvalue weighted by Gasteiger charge is 2.26. The molecule has 0 unspecified atom stereocenters. The van der Waals surface area contributed by atoms with Gasteiger partial charge in [-0.15, -0.1) is 0 Å². The number of nitrogens with zero attached hydrogens (tertiary/aromatic N) is 1. The Morgan fingerprint density at radius 3 is 2.31 bits per heavy atom. The summed E-state index contributed by atoms with van der Waals surface area (Å²) in [6, 6.07) is 1.43. The molecule has 0 heterocycles. The molecule has 1 saturated carbocycles. The third kappa shape index (κ3) is 4.84. The van der Waals surface area contributed by atoms with E-state index in [0.29, 0.717) is 11.5 Å². The lowest BCUT2D eigenvalue weighted by atomic mass is 9.75. The first-order valence-corrected chi connectivity index (χ1v) is 6.84. The van der Waals surface area contributed by atoms with Crippen LogP contribution in [0.1, 0.15) is 53.4 Å². The van der Waals surface area contributed by atoms with Crippen molar-refractivity contribution in [3.05, 3.63) is 0 Å². The maximum atomic E-state index is 3.70. The van der Waals surface area contributed by atoms with Gasteiger partial charge in [0.25, 0.3) is 0 Å². The van der Waals surface area contributed by atoms with Gasteiger partial charge in [0.05, 0.1) is 0 Å². The second-order valence-corrected chi connectivity index (χ2v) is 6.47. The van der Waals surface area contributed by atoms with Crippen LogP contribution in [0.5, 0.6) is 0 Å². The highest BCUT2D eigenvalue weighted by atomic mass is 15.1. The maximum absolute atomic E-state index is 3.70. The van der Waals surface area contributed by atoms with Gasteiger partial charge in [0.2, 0.25) is 0 Å². The number of hydrogen-bond donors (Lipinski definition) is 1.